The minimum Gasteiger partial charge on any atom is -0.459 e. The summed E-state index contributed by atoms with van der Waals surface area (Å²) in [7, 11) is 1.72. The second-order valence-electron chi connectivity index (χ2n) is 3.43. The highest BCUT2D eigenvalue weighted by Gasteiger charge is 2.20. The van der Waals surface area contributed by atoms with E-state index in [-0.39, 0.29) is 11.9 Å². The molecule has 0 aliphatic rings. The fourth-order valence-electron chi connectivity index (χ4n) is 1.11. The van der Waals surface area contributed by atoms with Crippen LogP contribution in [0.4, 0.5) is 0 Å². The molecule has 0 saturated heterocycles. The van der Waals surface area contributed by atoms with Gasteiger partial charge in [-0.25, -0.2) is 0 Å². The first-order chi connectivity index (χ1) is 6.57. The highest BCUT2D eigenvalue weighted by Crippen LogP contribution is 2.12. The highest BCUT2D eigenvalue weighted by atomic mass is 16.3. The van der Waals surface area contributed by atoms with E-state index in [2.05, 4.69) is 0 Å². The van der Waals surface area contributed by atoms with Crippen LogP contribution in [0, 0.1) is 6.92 Å². The van der Waals surface area contributed by atoms with Gasteiger partial charge in [-0.15, -0.1) is 0 Å². The number of nitrogens with zero attached hydrogens (tertiary/aromatic N) is 1. The van der Waals surface area contributed by atoms with Crippen LogP contribution in [0.1, 0.15) is 23.0 Å². The molecule has 1 atom stereocenters. The van der Waals surface area contributed by atoms with E-state index in [4.69, 9.17) is 10.2 Å². The standard InChI is InChI=1S/C10H16N2O2/c1-7-4-5-14-9(7)10(13)12(3)8(2)6-11/h4-5,8H,6,11H2,1-3H3. The topological polar surface area (TPSA) is 59.5 Å². The van der Waals surface area contributed by atoms with Crippen molar-refractivity contribution in [3.63, 3.8) is 0 Å². The van der Waals surface area contributed by atoms with E-state index >= 15 is 0 Å². The predicted octanol–water partition coefficient (Wildman–Crippen LogP) is 1.01. The van der Waals surface area contributed by atoms with Crippen LogP contribution < -0.4 is 5.73 Å². The maximum Gasteiger partial charge on any atom is 0.289 e. The molecule has 0 aliphatic heterocycles. The predicted molar refractivity (Wildman–Crippen MR) is 54.1 cm³/mol. The van der Waals surface area contributed by atoms with Crippen molar-refractivity contribution in [2.24, 2.45) is 5.73 Å². The summed E-state index contributed by atoms with van der Waals surface area (Å²) in [4.78, 5) is 13.4. The first kappa shape index (κ1) is 10.8. The third kappa shape index (κ3) is 1.96. The zero-order chi connectivity index (χ0) is 10.7. The number of likely N-dealkylation sites (N-methyl/N-ethyl adjacent to an activating group) is 1. The molecule has 1 rings (SSSR count). The number of furan rings is 1. The molecule has 1 amide bonds. The summed E-state index contributed by atoms with van der Waals surface area (Å²) in [6, 6.07) is 1.79. The van der Waals surface area contributed by atoms with Crippen molar-refractivity contribution in [3.8, 4) is 0 Å². The van der Waals surface area contributed by atoms with Crippen molar-refractivity contribution in [2.45, 2.75) is 19.9 Å². The Morgan fingerprint density at radius 2 is 2.36 bits per heavy atom. The van der Waals surface area contributed by atoms with Crippen LogP contribution in [0.3, 0.4) is 0 Å². The second kappa shape index (κ2) is 4.28. The second-order valence-corrected chi connectivity index (χ2v) is 3.43. The van der Waals surface area contributed by atoms with Crippen molar-refractivity contribution >= 4 is 5.91 Å². The Hall–Kier alpha value is -1.29. The van der Waals surface area contributed by atoms with Crippen molar-refractivity contribution in [3.05, 3.63) is 23.7 Å². The molecule has 0 aromatic carbocycles. The van der Waals surface area contributed by atoms with Gasteiger partial charge in [0.05, 0.1) is 6.26 Å². The molecule has 4 nitrogen and oxygen atoms in total. The zero-order valence-electron chi connectivity index (χ0n) is 8.78. The van der Waals surface area contributed by atoms with Gasteiger partial charge in [-0.1, -0.05) is 0 Å². The molecule has 0 radical (unpaired) electrons. The van der Waals surface area contributed by atoms with Crippen LogP contribution >= 0.6 is 0 Å². The average Bonchev–Trinajstić information content (AvgIpc) is 2.61. The Morgan fingerprint density at radius 3 is 2.79 bits per heavy atom. The SMILES string of the molecule is Cc1ccoc1C(=O)N(C)C(C)CN. The van der Waals surface area contributed by atoms with Gasteiger partial charge >= 0.3 is 0 Å². The summed E-state index contributed by atoms with van der Waals surface area (Å²) in [5.41, 5.74) is 6.33. The molecule has 1 aromatic heterocycles. The molecular weight excluding hydrogens is 180 g/mol. The van der Waals surface area contributed by atoms with Gasteiger partial charge in [0, 0.05) is 25.2 Å². The van der Waals surface area contributed by atoms with Crippen molar-refractivity contribution in [2.75, 3.05) is 13.6 Å². The smallest absolute Gasteiger partial charge is 0.289 e. The number of hydrogen-bond donors (Lipinski definition) is 1. The Morgan fingerprint density at radius 1 is 1.71 bits per heavy atom. The maximum atomic E-state index is 11.8. The minimum absolute atomic E-state index is 0.0204. The number of hydrogen-bond acceptors (Lipinski definition) is 3. The zero-order valence-corrected chi connectivity index (χ0v) is 8.78. The van der Waals surface area contributed by atoms with E-state index in [1.165, 1.54) is 6.26 Å². The Kier molecular flexibility index (Phi) is 3.30. The molecule has 1 aromatic rings. The molecule has 1 unspecified atom stereocenters. The largest absolute Gasteiger partial charge is 0.459 e. The van der Waals surface area contributed by atoms with E-state index in [0.29, 0.717) is 12.3 Å². The quantitative estimate of drug-likeness (QED) is 0.784. The average molecular weight is 196 g/mol. The molecule has 0 fully saturated rings. The van der Waals surface area contributed by atoms with Crippen LogP contribution in [0.25, 0.3) is 0 Å². The van der Waals surface area contributed by atoms with Crippen LogP contribution in [-0.2, 0) is 0 Å². The molecule has 78 valence electrons. The lowest BCUT2D eigenvalue weighted by atomic mass is 10.2. The number of carbonyl (C=O) groups is 1. The number of nitrogens with two attached hydrogens (primary N) is 1. The number of rotatable bonds is 3. The maximum absolute atomic E-state index is 11.8. The lowest BCUT2D eigenvalue weighted by molar-refractivity contribution is 0.0715. The van der Waals surface area contributed by atoms with E-state index in [0.717, 1.165) is 5.56 Å². The fraction of sp³-hybridized carbons (Fsp3) is 0.500. The van der Waals surface area contributed by atoms with Gasteiger partial charge in [-0.05, 0) is 19.9 Å². The van der Waals surface area contributed by atoms with Gasteiger partial charge in [-0.3, -0.25) is 4.79 Å². The summed E-state index contributed by atoms with van der Waals surface area (Å²) >= 11 is 0. The number of amides is 1. The minimum atomic E-state index is -0.120. The normalized spacial score (nSPS) is 12.6. The van der Waals surface area contributed by atoms with Crippen LogP contribution in [-0.4, -0.2) is 30.4 Å². The summed E-state index contributed by atoms with van der Waals surface area (Å²) < 4.78 is 5.11. The fourth-order valence-corrected chi connectivity index (χ4v) is 1.11. The summed E-state index contributed by atoms with van der Waals surface area (Å²) in [5, 5.41) is 0. The van der Waals surface area contributed by atoms with Gasteiger partial charge < -0.3 is 15.1 Å². The van der Waals surface area contributed by atoms with Crippen LogP contribution in [0.5, 0.6) is 0 Å². The van der Waals surface area contributed by atoms with E-state index in [1.54, 1.807) is 18.0 Å². The van der Waals surface area contributed by atoms with Gasteiger partial charge in [-0.2, -0.15) is 0 Å². The lowest BCUT2D eigenvalue weighted by Crippen LogP contribution is -2.39. The van der Waals surface area contributed by atoms with Crippen LogP contribution in [0.2, 0.25) is 0 Å². The van der Waals surface area contributed by atoms with Crippen molar-refractivity contribution < 1.29 is 9.21 Å². The van der Waals surface area contributed by atoms with Gasteiger partial charge in [0.2, 0.25) is 0 Å². The van der Waals surface area contributed by atoms with E-state index < -0.39 is 0 Å². The first-order valence-electron chi connectivity index (χ1n) is 4.59. The summed E-state index contributed by atoms with van der Waals surface area (Å²) in [5.74, 6) is 0.276. The van der Waals surface area contributed by atoms with Gasteiger partial charge in [0.1, 0.15) is 0 Å². The Labute approximate surface area is 83.7 Å². The number of aryl methyl sites for hydroxylation is 1. The Bertz CT molecular complexity index is 320. The molecule has 0 saturated carbocycles. The molecular formula is C10H16N2O2. The van der Waals surface area contributed by atoms with Crippen LogP contribution in [0.15, 0.2) is 16.7 Å². The summed E-state index contributed by atoms with van der Waals surface area (Å²) in [6.07, 6.45) is 1.52. The van der Waals surface area contributed by atoms with E-state index in [1.807, 2.05) is 13.8 Å². The molecule has 14 heavy (non-hydrogen) atoms. The Balaban J connectivity index is 2.81. The van der Waals surface area contributed by atoms with Gasteiger partial charge in [0.15, 0.2) is 5.76 Å². The molecule has 0 spiro atoms. The van der Waals surface area contributed by atoms with E-state index in [9.17, 15) is 4.79 Å². The molecule has 2 N–H and O–H groups in total. The third-order valence-electron chi connectivity index (χ3n) is 2.38. The van der Waals surface area contributed by atoms with Gasteiger partial charge in [0.25, 0.3) is 5.91 Å². The third-order valence-corrected chi connectivity index (χ3v) is 2.38. The molecule has 1 heterocycles. The van der Waals surface area contributed by atoms with Crippen molar-refractivity contribution in [1.82, 2.24) is 4.90 Å². The lowest BCUT2D eigenvalue weighted by Gasteiger charge is -2.22. The molecule has 0 aliphatic carbocycles. The highest BCUT2D eigenvalue weighted by molar-refractivity contribution is 5.92. The monoisotopic (exact) mass is 196 g/mol. The molecule has 4 heteroatoms. The summed E-state index contributed by atoms with van der Waals surface area (Å²) in [6.45, 7) is 4.19. The molecule has 0 bridgehead atoms. The van der Waals surface area contributed by atoms with Crippen molar-refractivity contribution in [1.29, 1.82) is 0 Å². The number of carbonyl (C=O) groups excluding carboxylic acids is 1. The first-order valence-corrected chi connectivity index (χ1v) is 4.59.